The summed E-state index contributed by atoms with van der Waals surface area (Å²) in [6.07, 6.45) is 2.50. The number of nitrogens with one attached hydrogen (secondary N) is 2. The van der Waals surface area contributed by atoms with E-state index in [4.69, 9.17) is 0 Å². The van der Waals surface area contributed by atoms with Gasteiger partial charge in [0.25, 0.3) is 5.91 Å². The van der Waals surface area contributed by atoms with E-state index in [9.17, 15) is 9.18 Å². The van der Waals surface area contributed by atoms with Gasteiger partial charge in [-0.2, -0.15) is 0 Å². The number of para-hydroxylation sites is 2. The van der Waals surface area contributed by atoms with Crippen molar-refractivity contribution in [1.82, 2.24) is 4.98 Å². The van der Waals surface area contributed by atoms with E-state index in [1.165, 1.54) is 17.7 Å². The number of rotatable bonds is 5. The Morgan fingerprint density at radius 1 is 1.00 bits per heavy atom. The van der Waals surface area contributed by atoms with Crippen molar-refractivity contribution in [2.45, 2.75) is 13.3 Å². The van der Waals surface area contributed by atoms with Crippen molar-refractivity contribution in [3.8, 4) is 0 Å². The average molecular weight is 335 g/mol. The van der Waals surface area contributed by atoms with Gasteiger partial charge in [0.2, 0.25) is 0 Å². The number of pyridine rings is 1. The van der Waals surface area contributed by atoms with Gasteiger partial charge >= 0.3 is 0 Å². The molecule has 25 heavy (non-hydrogen) atoms. The molecule has 0 bridgehead atoms. The van der Waals surface area contributed by atoms with Crippen molar-refractivity contribution >= 4 is 23.0 Å². The summed E-state index contributed by atoms with van der Waals surface area (Å²) in [6, 6.07) is 17.4. The first kappa shape index (κ1) is 16.6. The molecule has 1 aromatic heterocycles. The van der Waals surface area contributed by atoms with Crippen LogP contribution in [0.3, 0.4) is 0 Å². The first-order chi connectivity index (χ1) is 12.2. The van der Waals surface area contributed by atoms with Gasteiger partial charge in [0, 0.05) is 5.69 Å². The van der Waals surface area contributed by atoms with Crippen molar-refractivity contribution in [1.29, 1.82) is 0 Å². The molecule has 0 aliphatic carbocycles. The third-order valence-corrected chi connectivity index (χ3v) is 3.80. The van der Waals surface area contributed by atoms with Gasteiger partial charge in [-0.3, -0.25) is 4.79 Å². The maximum atomic E-state index is 13.6. The molecule has 0 aliphatic heterocycles. The van der Waals surface area contributed by atoms with Crippen LogP contribution in [0.5, 0.6) is 0 Å². The summed E-state index contributed by atoms with van der Waals surface area (Å²) in [6.45, 7) is 2.09. The Morgan fingerprint density at radius 2 is 1.72 bits per heavy atom. The molecule has 2 aromatic carbocycles. The van der Waals surface area contributed by atoms with E-state index in [0.717, 1.165) is 17.8 Å². The molecule has 0 aliphatic rings. The van der Waals surface area contributed by atoms with E-state index < -0.39 is 11.7 Å². The van der Waals surface area contributed by atoms with Gasteiger partial charge in [-0.25, -0.2) is 9.37 Å². The molecular formula is C20H18FN3O. The van der Waals surface area contributed by atoms with Crippen LogP contribution in [0.1, 0.15) is 23.0 Å². The van der Waals surface area contributed by atoms with Crippen molar-refractivity contribution in [2.75, 3.05) is 10.6 Å². The van der Waals surface area contributed by atoms with Crippen LogP contribution in [-0.4, -0.2) is 10.9 Å². The Balaban J connectivity index is 1.72. The second-order valence-corrected chi connectivity index (χ2v) is 5.50. The SMILES string of the molecule is CCc1ccccc1Nc1ccc(C(=O)Nc2ccccc2F)nc1. The number of nitrogens with zero attached hydrogens (tertiary/aromatic N) is 1. The first-order valence-electron chi connectivity index (χ1n) is 8.04. The van der Waals surface area contributed by atoms with Gasteiger partial charge < -0.3 is 10.6 Å². The van der Waals surface area contributed by atoms with Crippen LogP contribution in [0, 0.1) is 5.82 Å². The summed E-state index contributed by atoms with van der Waals surface area (Å²) < 4.78 is 13.6. The predicted octanol–water partition coefficient (Wildman–Crippen LogP) is 4.78. The van der Waals surface area contributed by atoms with E-state index in [-0.39, 0.29) is 11.4 Å². The van der Waals surface area contributed by atoms with Gasteiger partial charge in [-0.1, -0.05) is 37.3 Å². The summed E-state index contributed by atoms with van der Waals surface area (Å²) in [5.41, 5.74) is 3.34. The number of aryl methyl sites for hydroxylation is 1. The number of anilines is 3. The lowest BCUT2D eigenvalue weighted by Crippen LogP contribution is -2.14. The Kier molecular flexibility index (Phi) is 5.04. The Morgan fingerprint density at radius 3 is 2.40 bits per heavy atom. The molecule has 1 heterocycles. The van der Waals surface area contributed by atoms with Crippen LogP contribution >= 0.6 is 0 Å². The Hall–Kier alpha value is -3.21. The second-order valence-electron chi connectivity index (χ2n) is 5.50. The zero-order chi connectivity index (χ0) is 17.6. The summed E-state index contributed by atoms with van der Waals surface area (Å²) in [4.78, 5) is 16.3. The lowest BCUT2D eigenvalue weighted by Gasteiger charge is -2.11. The number of amides is 1. The summed E-state index contributed by atoms with van der Waals surface area (Å²) in [7, 11) is 0. The molecule has 0 saturated heterocycles. The fraction of sp³-hybridized carbons (Fsp3) is 0.100. The van der Waals surface area contributed by atoms with E-state index in [1.54, 1.807) is 30.5 Å². The second kappa shape index (κ2) is 7.57. The van der Waals surface area contributed by atoms with E-state index in [1.807, 2.05) is 18.2 Å². The van der Waals surface area contributed by atoms with Crippen LogP contribution in [0.4, 0.5) is 21.5 Å². The van der Waals surface area contributed by atoms with Gasteiger partial charge in [0.05, 0.1) is 17.6 Å². The van der Waals surface area contributed by atoms with Gasteiger partial charge in [-0.05, 0) is 42.3 Å². The van der Waals surface area contributed by atoms with Gasteiger partial charge in [-0.15, -0.1) is 0 Å². The highest BCUT2D eigenvalue weighted by Crippen LogP contribution is 2.21. The third-order valence-electron chi connectivity index (χ3n) is 3.80. The minimum Gasteiger partial charge on any atom is -0.354 e. The Labute approximate surface area is 145 Å². The number of hydrogen-bond donors (Lipinski definition) is 2. The maximum Gasteiger partial charge on any atom is 0.274 e. The summed E-state index contributed by atoms with van der Waals surface area (Å²) in [5, 5.41) is 5.81. The molecule has 4 nitrogen and oxygen atoms in total. The minimum atomic E-state index is -0.481. The molecule has 0 atom stereocenters. The van der Waals surface area contributed by atoms with Crippen molar-refractivity contribution in [3.63, 3.8) is 0 Å². The molecule has 0 unspecified atom stereocenters. The van der Waals surface area contributed by atoms with Gasteiger partial charge in [0.15, 0.2) is 0 Å². The molecule has 5 heteroatoms. The number of halogens is 1. The molecule has 3 aromatic rings. The van der Waals surface area contributed by atoms with Crippen LogP contribution in [0.25, 0.3) is 0 Å². The maximum absolute atomic E-state index is 13.6. The molecule has 2 N–H and O–H groups in total. The average Bonchev–Trinajstić information content (AvgIpc) is 2.64. The molecule has 0 spiro atoms. The minimum absolute atomic E-state index is 0.133. The zero-order valence-corrected chi connectivity index (χ0v) is 13.8. The predicted molar refractivity (Wildman–Crippen MR) is 97.7 cm³/mol. The number of benzene rings is 2. The molecule has 1 amide bonds. The van der Waals surface area contributed by atoms with Crippen LogP contribution in [0.15, 0.2) is 66.9 Å². The molecule has 126 valence electrons. The van der Waals surface area contributed by atoms with Crippen LogP contribution in [0.2, 0.25) is 0 Å². The molecule has 0 radical (unpaired) electrons. The number of aromatic nitrogens is 1. The van der Waals surface area contributed by atoms with E-state index in [0.29, 0.717) is 0 Å². The van der Waals surface area contributed by atoms with Crippen molar-refractivity contribution in [3.05, 3.63) is 83.9 Å². The first-order valence-corrected chi connectivity index (χ1v) is 8.04. The van der Waals surface area contributed by atoms with E-state index in [2.05, 4.69) is 28.6 Å². The Bertz CT molecular complexity index is 878. The van der Waals surface area contributed by atoms with Crippen LogP contribution in [-0.2, 0) is 6.42 Å². The molecule has 3 rings (SSSR count). The standard InChI is InChI=1S/C20H18FN3O/c1-2-14-7-3-5-9-17(14)23-15-11-12-19(22-13-15)20(25)24-18-10-6-4-8-16(18)21/h3-13,23H,2H2,1H3,(H,24,25). The largest absolute Gasteiger partial charge is 0.354 e. The highest BCUT2D eigenvalue weighted by Gasteiger charge is 2.10. The highest BCUT2D eigenvalue weighted by atomic mass is 19.1. The third kappa shape index (κ3) is 4.01. The fourth-order valence-electron chi connectivity index (χ4n) is 2.46. The van der Waals surface area contributed by atoms with Crippen LogP contribution < -0.4 is 10.6 Å². The number of carbonyl (C=O) groups excluding carboxylic acids is 1. The smallest absolute Gasteiger partial charge is 0.274 e. The molecular weight excluding hydrogens is 317 g/mol. The van der Waals surface area contributed by atoms with Crippen molar-refractivity contribution in [2.24, 2.45) is 0 Å². The fourth-order valence-corrected chi connectivity index (χ4v) is 2.46. The molecule has 0 fully saturated rings. The quantitative estimate of drug-likeness (QED) is 0.705. The topological polar surface area (TPSA) is 54.0 Å². The zero-order valence-electron chi connectivity index (χ0n) is 13.8. The lowest BCUT2D eigenvalue weighted by molar-refractivity contribution is 0.102. The summed E-state index contributed by atoms with van der Waals surface area (Å²) >= 11 is 0. The van der Waals surface area contributed by atoms with Crippen molar-refractivity contribution < 1.29 is 9.18 Å². The highest BCUT2D eigenvalue weighted by molar-refractivity contribution is 6.03. The molecule has 0 saturated carbocycles. The number of hydrogen-bond acceptors (Lipinski definition) is 3. The lowest BCUT2D eigenvalue weighted by atomic mass is 10.1. The number of carbonyl (C=O) groups is 1. The van der Waals surface area contributed by atoms with E-state index >= 15 is 0 Å². The normalized spacial score (nSPS) is 10.3. The monoisotopic (exact) mass is 335 g/mol. The summed E-state index contributed by atoms with van der Waals surface area (Å²) in [5.74, 6) is -0.934. The van der Waals surface area contributed by atoms with Gasteiger partial charge in [0.1, 0.15) is 11.5 Å².